The topological polar surface area (TPSA) is 0 Å². The third kappa shape index (κ3) is 4.97. The maximum atomic E-state index is 2.44. The summed E-state index contributed by atoms with van der Waals surface area (Å²) in [5.74, 6) is 0. The zero-order valence-electron chi connectivity index (χ0n) is 28.9. The molecule has 0 saturated heterocycles. The molecule has 246 valence electrons. The SMILES string of the molecule is c1cc(-c2ccc3c(-c4ccc5ccccc5c4)c4ccccc4c(-c4ccc5ccccc5c4)c3c2)cc(-c2ccc3sc4ccccc4c3c2)c1. The quantitative estimate of drug-likeness (QED) is 0.162. The smallest absolute Gasteiger partial charge is 0.0355 e. The van der Waals surface area contributed by atoms with Crippen LogP contribution in [0.2, 0.25) is 0 Å². The third-order valence-corrected chi connectivity index (χ3v) is 12.2. The average molecular weight is 689 g/mol. The first kappa shape index (κ1) is 30.1. The molecule has 0 amide bonds. The van der Waals surface area contributed by atoms with Gasteiger partial charge in [-0.15, -0.1) is 11.3 Å². The van der Waals surface area contributed by atoms with Crippen LogP contribution in [0, 0.1) is 0 Å². The van der Waals surface area contributed by atoms with Crippen LogP contribution >= 0.6 is 11.3 Å². The van der Waals surface area contributed by atoms with Crippen LogP contribution in [0.3, 0.4) is 0 Å². The second kappa shape index (κ2) is 12.0. The third-order valence-electron chi connectivity index (χ3n) is 11.0. The first-order valence-electron chi connectivity index (χ1n) is 18.2. The summed E-state index contributed by atoms with van der Waals surface area (Å²) in [5.41, 5.74) is 9.92. The van der Waals surface area contributed by atoms with Crippen LogP contribution in [0.1, 0.15) is 0 Å². The van der Waals surface area contributed by atoms with Crippen LogP contribution in [0.5, 0.6) is 0 Å². The molecule has 1 aromatic heterocycles. The van der Waals surface area contributed by atoms with E-state index in [9.17, 15) is 0 Å². The Kier molecular flexibility index (Phi) is 6.83. The summed E-state index contributed by atoms with van der Waals surface area (Å²) in [6.45, 7) is 0. The summed E-state index contributed by atoms with van der Waals surface area (Å²) in [6, 6.07) is 72.0. The Labute approximate surface area is 311 Å². The van der Waals surface area contributed by atoms with Crippen LogP contribution in [0.25, 0.3) is 108 Å². The first-order valence-corrected chi connectivity index (χ1v) is 19.1. The molecular weight excluding hydrogens is 657 g/mol. The molecule has 1 heterocycles. The molecule has 11 rings (SSSR count). The van der Waals surface area contributed by atoms with E-state index in [0.29, 0.717) is 0 Å². The maximum absolute atomic E-state index is 2.44. The number of thiophene rings is 1. The standard InChI is InChI=1S/C52H32S/c1-3-12-35-29-41(22-20-33(35)10-1)51-44-17-5-6-18-45(44)52(42-23-21-34-11-2-4-13-36(34)30-42)48-32-39(24-26-46(48)51)37-14-9-15-38(28-37)40-25-27-50-47(31-40)43-16-7-8-19-49(43)53-50/h1-32H. The van der Waals surface area contributed by atoms with Crippen molar-refractivity contribution in [2.24, 2.45) is 0 Å². The van der Waals surface area contributed by atoms with Crippen molar-refractivity contribution in [3.63, 3.8) is 0 Å². The molecule has 0 unspecified atom stereocenters. The van der Waals surface area contributed by atoms with Gasteiger partial charge in [0.25, 0.3) is 0 Å². The molecule has 0 bridgehead atoms. The largest absolute Gasteiger partial charge is 0.135 e. The fourth-order valence-corrected chi connectivity index (χ4v) is 9.54. The summed E-state index contributed by atoms with van der Waals surface area (Å²) < 4.78 is 2.67. The molecule has 0 radical (unpaired) electrons. The van der Waals surface area contributed by atoms with Crippen LogP contribution in [-0.2, 0) is 0 Å². The van der Waals surface area contributed by atoms with Gasteiger partial charge >= 0.3 is 0 Å². The highest BCUT2D eigenvalue weighted by molar-refractivity contribution is 7.25. The molecule has 0 N–H and O–H groups in total. The highest BCUT2D eigenvalue weighted by Gasteiger charge is 2.18. The molecule has 0 atom stereocenters. The minimum Gasteiger partial charge on any atom is -0.135 e. The van der Waals surface area contributed by atoms with E-state index >= 15 is 0 Å². The molecule has 0 nitrogen and oxygen atoms in total. The lowest BCUT2D eigenvalue weighted by Gasteiger charge is -2.19. The van der Waals surface area contributed by atoms with Gasteiger partial charge in [0.1, 0.15) is 0 Å². The molecule has 0 spiro atoms. The van der Waals surface area contributed by atoms with Crippen LogP contribution in [-0.4, -0.2) is 0 Å². The van der Waals surface area contributed by atoms with E-state index < -0.39 is 0 Å². The Morgan fingerprint density at radius 2 is 0.679 bits per heavy atom. The predicted molar refractivity (Wildman–Crippen MR) is 231 cm³/mol. The van der Waals surface area contributed by atoms with E-state index in [0.717, 1.165) is 0 Å². The van der Waals surface area contributed by atoms with E-state index in [2.05, 4.69) is 194 Å². The Morgan fingerprint density at radius 3 is 1.34 bits per heavy atom. The van der Waals surface area contributed by atoms with E-state index in [1.165, 1.54) is 108 Å². The van der Waals surface area contributed by atoms with Crippen LogP contribution in [0.4, 0.5) is 0 Å². The van der Waals surface area contributed by atoms with E-state index in [-0.39, 0.29) is 0 Å². The van der Waals surface area contributed by atoms with Gasteiger partial charge in [0, 0.05) is 20.2 Å². The fourth-order valence-electron chi connectivity index (χ4n) is 8.45. The molecule has 11 aromatic rings. The van der Waals surface area contributed by atoms with Crippen LogP contribution < -0.4 is 0 Å². The second-order valence-electron chi connectivity index (χ2n) is 14.1. The van der Waals surface area contributed by atoms with Crippen molar-refractivity contribution >= 4 is 74.6 Å². The molecular formula is C52H32S. The Balaban J connectivity index is 1.15. The van der Waals surface area contributed by atoms with Crippen LogP contribution in [0.15, 0.2) is 194 Å². The zero-order valence-corrected chi connectivity index (χ0v) is 29.7. The van der Waals surface area contributed by atoms with Gasteiger partial charge in [-0.3, -0.25) is 0 Å². The van der Waals surface area contributed by atoms with Crippen molar-refractivity contribution in [3.05, 3.63) is 194 Å². The van der Waals surface area contributed by atoms with Gasteiger partial charge in [-0.05, 0) is 130 Å². The van der Waals surface area contributed by atoms with Gasteiger partial charge in [-0.25, -0.2) is 0 Å². The van der Waals surface area contributed by atoms with E-state index in [1.807, 2.05) is 11.3 Å². The number of hydrogen-bond donors (Lipinski definition) is 0. The van der Waals surface area contributed by atoms with Gasteiger partial charge in [0.2, 0.25) is 0 Å². The highest BCUT2D eigenvalue weighted by atomic mass is 32.1. The van der Waals surface area contributed by atoms with Gasteiger partial charge < -0.3 is 0 Å². The number of benzene rings is 10. The monoisotopic (exact) mass is 688 g/mol. The summed E-state index contributed by atoms with van der Waals surface area (Å²) in [5, 5.41) is 12.7. The fraction of sp³-hybridized carbons (Fsp3) is 0. The molecule has 1 heteroatoms. The van der Waals surface area contributed by atoms with Gasteiger partial charge in [0.05, 0.1) is 0 Å². The molecule has 0 saturated carbocycles. The number of fused-ring (bicyclic) bond motifs is 7. The van der Waals surface area contributed by atoms with E-state index in [1.54, 1.807) is 0 Å². The molecule has 10 aromatic carbocycles. The number of rotatable bonds is 4. The predicted octanol–water partition coefficient (Wildman–Crippen LogP) is 15.3. The summed E-state index contributed by atoms with van der Waals surface area (Å²) in [6.07, 6.45) is 0. The summed E-state index contributed by atoms with van der Waals surface area (Å²) >= 11 is 1.87. The van der Waals surface area contributed by atoms with Crippen molar-refractivity contribution in [2.75, 3.05) is 0 Å². The molecule has 53 heavy (non-hydrogen) atoms. The number of hydrogen-bond acceptors (Lipinski definition) is 1. The lowest BCUT2D eigenvalue weighted by atomic mass is 9.84. The Morgan fingerprint density at radius 1 is 0.226 bits per heavy atom. The zero-order chi connectivity index (χ0) is 34.9. The Hall–Kier alpha value is -6.54. The van der Waals surface area contributed by atoms with Gasteiger partial charge in [0.15, 0.2) is 0 Å². The van der Waals surface area contributed by atoms with E-state index in [4.69, 9.17) is 0 Å². The minimum atomic E-state index is 1.21. The van der Waals surface area contributed by atoms with Crippen molar-refractivity contribution in [1.29, 1.82) is 0 Å². The Bertz CT molecular complexity index is 3230. The lowest BCUT2D eigenvalue weighted by Crippen LogP contribution is -1.92. The van der Waals surface area contributed by atoms with Gasteiger partial charge in [-0.1, -0.05) is 152 Å². The molecule has 0 aliphatic heterocycles. The second-order valence-corrected chi connectivity index (χ2v) is 15.2. The average Bonchev–Trinajstić information content (AvgIpc) is 3.60. The van der Waals surface area contributed by atoms with Crippen molar-refractivity contribution in [2.45, 2.75) is 0 Å². The molecule has 0 aliphatic carbocycles. The molecule has 0 fully saturated rings. The highest BCUT2D eigenvalue weighted by Crippen LogP contribution is 2.46. The van der Waals surface area contributed by atoms with Crippen molar-refractivity contribution in [3.8, 4) is 44.5 Å². The maximum Gasteiger partial charge on any atom is 0.0355 e. The normalized spacial score (nSPS) is 11.8. The lowest BCUT2D eigenvalue weighted by molar-refractivity contribution is 1.62. The van der Waals surface area contributed by atoms with Crippen molar-refractivity contribution in [1.82, 2.24) is 0 Å². The molecule has 0 aliphatic rings. The van der Waals surface area contributed by atoms with Crippen molar-refractivity contribution < 1.29 is 0 Å². The minimum absolute atomic E-state index is 1.21. The summed E-state index contributed by atoms with van der Waals surface area (Å²) in [7, 11) is 0. The van der Waals surface area contributed by atoms with Gasteiger partial charge in [-0.2, -0.15) is 0 Å². The first-order chi connectivity index (χ1) is 26.2. The summed E-state index contributed by atoms with van der Waals surface area (Å²) in [4.78, 5) is 0.